The number of benzene rings is 1. The molecule has 0 fully saturated rings. The molecule has 17 heavy (non-hydrogen) atoms. The average Bonchev–Trinajstić information content (AvgIpc) is 2.61. The molecule has 5 heteroatoms. The highest BCUT2D eigenvalue weighted by Gasteiger charge is 2.27. The third-order valence-electron chi connectivity index (χ3n) is 2.51. The van der Waals surface area contributed by atoms with E-state index in [1.54, 1.807) is 0 Å². The van der Waals surface area contributed by atoms with Gasteiger partial charge in [0.15, 0.2) is 5.71 Å². The van der Waals surface area contributed by atoms with Gasteiger partial charge in [-0.25, -0.2) is 9.80 Å². The summed E-state index contributed by atoms with van der Waals surface area (Å²) in [5.41, 5.74) is 1.94. The highest BCUT2D eigenvalue weighted by Crippen LogP contribution is 2.14. The Labute approximate surface area is 98.4 Å². The summed E-state index contributed by atoms with van der Waals surface area (Å²) >= 11 is 0. The van der Waals surface area contributed by atoms with Gasteiger partial charge in [-0.15, -0.1) is 0 Å². The van der Waals surface area contributed by atoms with E-state index in [0.717, 1.165) is 11.1 Å². The Hall–Kier alpha value is -2.17. The molecular formula is C12H12N2O3. The second-order valence-electron chi connectivity index (χ2n) is 3.97. The average molecular weight is 232 g/mol. The van der Waals surface area contributed by atoms with Crippen LogP contribution in [0.5, 0.6) is 0 Å². The van der Waals surface area contributed by atoms with E-state index in [0.29, 0.717) is 6.54 Å². The lowest BCUT2D eigenvalue weighted by molar-refractivity contribution is -0.131. The van der Waals surface area contributed by atoms with Crippen LogP contribution in [0, 0.1) is 6.92 Å². The Kier molecular flexibility index (Phi) is 2.91. The van der Waals surface area contributed by atoms with Crippen molar-refractivity contribution in [1.29, 1.82) is 0 Å². The molecule has 1 aromatic rings. The lowest BCUT2D eigenvalue weighted by Gasteiger charge is -2.11. The van der Waals surface area contributed by atoms with Gasteiger partial charge in [0, 0.05) is 0 Å². The normalized spacial score (nSPS) is 15.0. The highest BCUT2D eigenvalue weighted by molar-refractivity contribution is 6.40. The van der Waals surface area contributed by atoms with Crippen LogP contribution in [0.2, 0.25) is 0 Å². The predicted octanol–water partition coefficient (Wildman–Crippen LogP) is 1.17. The van der Waals surface area contributed by atoms with Crippen molar-refractivity contribution in [1.82, 2.24) is 5.01 Å². The molecule has 1 N–H and O–H groups in total. The lowest BCUT2D eigenvalue weighted by atomic mass is 10.1. The topological polar surface area (TPSA) is 70.0 Å². The molecule has 0 aliphatic carbocycles. The molecule has 0 aromatic heterocycles. The van der Waals surface area contributed by atoms with Gasteiger partial charge in [-0.05, 0) is 12.5 Å². The van der Waals surface area contributed by atoms with Gasteiger partial charge in [-0.3, -0.25) is 4.79 Å². The van der Waals surface area contributed by atoms with Gasteiger partial charge < -0.3 is 5.11 Å². The van der Waals surface area contributed by atoms with Crippen LogP contribution in [0.4, 0.5) is 0 Å². The second kappa shape index (κ2) is 4.37. The quantitative estimate of drug-likeness (QED) is 0.850. The minimum absolute atomic E-state index is 0.0948. The third-order valence-corrected chi connectivity index (χ3v) is 2.51. The van der Waals surface area contributed by atoms with E-state index in [1.165, 1.54) is 5.01 Å². The molecule has 0 unspecified atom stereocenters. The van der Waals surface area contributed by atoms with Gasteiger partial charge in [-0.2, -0.15) is 5.10 Å². The maximum atomic E-state index is 11.5. The largest absolute Gasteiger partial charge is 0.477 e. The molecule has 0 bridgehead atoms. The number of carboxylic acids is 1. The predicted molar refractivity (Wildman–Crippen MR) is 61.4 cm³/mol. The van der Waals surface area contributed by atoms with Gasteiger partial charge in [-0.1, -0.05) is 29.8 Å². The van der Waals surface area contributed by atoms with E-state index in [1.807, 2.05) is 31.2 Å². The van der Waals surface area contributed by atoms with Crippen LogP contribution in [-0.4, -0.2) is 27.7 Å². The molecule has 0 radical (unpaired) electrons. The second-order valence-corrected chi connectivity index (χ2v) is 3.97. The number of carboxylic acid groups (broad SMARTS) is 1. The van der Waals surface area contributed by atoms with Crippen molar-refractivity contribution in [2.75, 3.05) is 0 Å². The summed E-state index contributed by atoms with van der Waals surface area (Å²) in [7, 11) is 0. The van der Waals surface area contributed by atoms with Crippen molar-refractivity contribution in [3.05, 3.63) is 35.4 Å². The zero-order chi connectivity index (χ0) is 12.4. The maximum Gasteiger partial charge on any atom is 0.352 e. The van der Waals surface area contributed by atoms with E-state index < -0.39 is 5.97 Å². The zero-order valence-corrected chi connectivity index (χ0v) is 9.38. The first-order valence-corrected chi connectivity index (χ1v) is 5.23. The van der Waals surface area contributed by atoms with Crippen LogP contribution in [0.1, 0.15) is 17.5 Å². The minimum atomic E-state index is -1.13. The molecule has 1 aliphatic rings. The SMILES string of the molecule is Cc1cccc(CN2N=C(C(=O)O)CC2=O)c1. The summed E-state index contributed by atoms with van der Waals surface area (Å²) in [6.07, 6.45) is -0.124. The fraction of sp³-hybridized carbons (Fsp3) is 0.250. The van der Waals surface area contributed by atoms with E-state index in [2.05, 4.69) is 5.10 Å². The van der Waals surface area contributed by atoms with Crippen molar-refractivity contribution < 1.29 is 14.7 Å². The summed E-state index contributed by atoms with van der Waals surface area (Å²) in [6.45, 7) is 2.28. The number of hydrogen-bond acceptors (Lipinski definition) is 3. The van der Waals surface area contributed by atoms with E-state index in [4.69, 9.17) is 5.11 Å². The third kappa shape index (κ3) is 2.50. The van der Waals surface area contributed by atoms with Crippen LogP contribution in [-0.2, 0) is 16.1 Å². The number of hydrazone groups is 1. The Morgan fingerprint density at radius 2 is 2.29 bits per heavy atom. The van der Waals surface area contributed by atoms with E-state index in [-0.39, 0.29) is 18.0 Å². The molecule has 0 atom stereocenters. The molecule has 5 nitrogen and oxygen atoms in total. The van der Waals surface area contributed by atoms with Crippen molar-refractivity contribution in [3.8, 4) is 0 Å². The highest BCUT2D eigenvalue weighted by atomic mass is 16.4. The lowest BCUT2D eigenvalue weighted by Crippen LogP contribution is -2.20. The van der Waals surface area contributed by atoms with E-state index >= 15 is 0 Å². The number of amides is 1. The van der Waals surface area contributed by atoms with Crippen LogP contribution in [0.25, 0.3) is 0 Å². The van der Waals surface area contributed by atoms with Crippen molar-refractivity contribution in [2.24, 2.45) is 5.10 Å². The molecule has 2 rings (SSSR count). The maximum absolute atomic E-state index is 11.5. The Morgan fingerprint density at radius 1 is 1.53 bits per heavy atom. The van der Waals surface area contributed by atoms with Gasteiger partial charge in [0.2, 0.25) is 5.91 Å². The van der Waals surface area contributed by atoms with Crippen molar-refractivity contribution in [2.45, 2.75) is 19.9 Å². The molecule has 0 saturated carbocycles. The molecule has 0 saturated heterocycles. The number of aliphatic carboxylic acids is 1. The van der Waals surface area contributed by atoms with Crippen LogP contribution in [0.15, 0.2) is 29.4 Å². The summed E-state index contributed by atoms with van der Waals surface area (Å²) in [5, 5.41) is 13.8. The molecule has 1 aromatic carbocycles. The Morgan fingerprint density at radius 3 is 2.88 bits per heavy atom. The number of hydrogen-bond donors (Lipinski definition) is 1. The Balaban J connectivity index is 2.14. The van der Waals surface area contributed by atoms with Crippen LogP contribution < -0.4 is 0 Å². The van der Waals surface area contributed by atoms with Gasteiger partial charge in [0.05, 0.1) is 13.0 Å². The summed E-state index contributed by atoms with van der Waals surface area (Å²) in [6, 6.07) is 7.68. The first-order valence-electron chi connectivity index (χ1n) is 5.23. The summed E-state index contributed by atoms with van der Waals surface area (Å²) in [4.78, 5) is 22.2. The number of carbonyl (C=O) groups excluding carboxylic acids is 1. The number of rotatable bonds is 3. The Bertz CT molecular complexity index is 508. The smallest absolute Gasteiger partial charge is 0.352 e. The minimum Gasteiger partial charge on any atom is -0.477 e. The first-order chi connectivity index (χ1) is 8.06. The van der Waals surface area contributed by atoms with Crippen LogP contribution in [0.3, 0.4) is 0 Å². The monoisotopic (exact) mass is 232 g/mol. The molecule has 1 aliphatic heterocycles. The van der Waals surface area contributed by atoms with E-state index in [9.17, 15) is 9.59 Å². The summed E-state index contributed by atoms with van der Waals surface area (Å²) < 4.78 is 0. The first kappa shape index (κ1) is 11.3. The zero-order valence-electron chi connectivity index (χ0n) is 9.38. The van der Waals surface area contributed by atoms with Gasteiger partial charge in [0.25, 0.3) is 0 Å². The standard InChI is InChI=1S/C12H12N2O3/c1-8-3-2-4-9(5-8)7-14-11(15)6-10(13-14)12(16)17/h2-5H,6-7H2,1H3,(H,16,17). The molecule has 0 spiro atoms. The molecule has 1 heterocycles. The number of carbonyl (C=O) groups is 2. The molecular weight excluding hydrogens is 220 g/mol. The number of aryl methyl sites for hydroxylation is 1. The fourth-order valence-electron chi connectivity index (χ4n) is 1.70. The molecule has 88 valence electrons. The van der Waals surface area contributed by atoms with Gasteiger partial charge >= 0.3 is 5.97 Å². The van der Waals surface area contributed by atoms with Gasteiger partial charge in [0.1, 0.15) is 0 Å². The van der Waals surface area contributed by atoms with Crippen LogP contribution >= 0.6 is 0 Å². The fourth-order valence-corrected chi connectivity index (χ4v) is 1.70. The molecule has 1 amide bonds. The van der Waals surface area contributed by atoms with Crippen molar-refractivity contribution in [3.63, 3.8) is 0 Å². The summed E-state index contributed by atoms with van der Waals surface area (Å²) in [5.74, 6) is -1.41. The van der Waals surface area contributed by atoms with Crippen molar-refractivity contribution >= 4 is 17.6 Å². The number of nitrogens with zero attached hydrogens (tertiary/aromatic N) is 2.